The molecular formula is C16H26O2. The largest absolute Gasteiger partial charge is 0.481 e. The van der Waals surface area contributed by atoms with Crippen molar-refractivity contribution in [2.75, 3.05) is 0 Å². The lowest BCUT2D eigenvalue weighted by atomic mass is 10.1. The van der Waals surface area contributed by atoms with E-state index in [0.29, 0.717) is 6.42 Å². The van der Waals surface area contributed by atoms with Crippen LogP contribution in [0.5, 0.6) is 0 Å². The van der Waals surface area contributed by atoms with Crippen molar-refractivity contribution in [2.24, 2.45) is 0 Å². The Kier molecular flexibility index (Phi) is 12.8. The monoisotopic (exact) mass is 250 g/mol. The van der Waals surface area contributed by atoms with Crippen LogP contribution < -0.4 is 0 Å². The molecule has 0 atom stereocenters. The predicted octanol–water partition coefficient (Wildman–Crippen LogP) is 4.88. The van der Waals surface area contributed by atoms with Gasteiger partial charge in [-0.15, -0.1) is 6.58 Å². The fourth-order valence-electron chi connectivity index (χ4n) is 1.64. The molecule has 0 saturated carbocycles. The average Bonchev–Trinajstić information content (AvgIpc) is 2.34. The molecular weight excluding hydrogens is 224 g/mol. The van der Waals surface area contributed by atoms with E-state index in [1.165, 1.54) is 32.1 Å². The number of carbonyl (C=O) groups is 1. The molecule has 0 spiro atoms. The van der Waals surface area contributed by atoms with Crippen molar-refractivity contribution >= 4 is 5.97 Å². The molecule has 0 saturated heterocycles. The van der Waals surface area contributed by atoms with Crippen molar-refractivity contribution < 1.29 is 9.90 Å². The van der Waals surface area contributed by atoms with Gasteiger partial charge in [0.25, 0.3) is 0 Å². The van der Waals surface area contributed by atoms with Crippen LogP contribution in [-0.4, -0.2) is 11.1 Å². The van der Waals surface area contributed by atoms with E-state index >= 15 is 0 Å². The van der Waals surface area contributed by atoms with Crippen molar-refractivity contribution in [3.63, 3.8) is 0 Å². The van der Waals surface area contributed by atoms with Crippen LogP contribution in [0.3, 0.4) is 0 Å². The van der Waals surface area contributed by atoms with Gasteiger partial charge in [-0.05, 0) is 32.1 Å². The molecule has 0 aromatic rings. The van der Waals surface area contributed by atoms with Crippen LogP contribution in [0.2, 0.25) is 0 Å². The van der Waals surface area contributed by atoms with E-state index in [4.69, 9.17) is 5.11 Å². The summed E-state index contributed by atoms with van der Waals surface area (Å²) in [6.45, 7) is 3.71. The van der Waals surface area contributed by atoms with Gasteiger partial charge in [0.05, 0.1) is 0 Å². The highest BCUT2D eigenvalue weighted by Gasteiger charge is 1.90. The van der Waals surface area contributed by atoms with Crippen molar-refractivity contribution in [1.29, 1.82) is 0 Å². The van der Waals surface area contributed by atoms with Gasteiger partial charge in [-0.1, -0.05) is 49.6 Å². The third kappa shape index (κ3) is 14.7. The number of unbranched alkanes of at least 4 members (excludes halogenated alkanes) is 6. The number of carboxylic acid groups (broad SMARTS) is 1. The first kappa shape index (κ1) is 16.7. The van der Waals surface area contributed by atoms with Gasteiger partial charge in [-0.25, -0.2) is 0 Å². The molecule has 2 heteroatoms. The molecule has 0 radical (unpaired) electrons. The fraction of sp³-hybridized carbons (Fsp3) is 0.562. The van der Waals surface area contributed by atoms with Gasteiger partial charge >= 0.3 is 5.97 Å². The van der Waals surface area contributed by atoms with Crippen LogP contribution >= 0.6 is 0 Å². The summed E-state index contributed by atoms with van der Waals surface area (Å²) < 4.78 is 0. The maximum Gasteiger partial charge on any atom is 0.303 e. The number of rotatable bonds is 12. The van der Waals surface area contributed by atoms with Crippen LogP contribution in [0.15, 0.2) is 37.0 Å². The highest BCUT2D eigenvalue weighted by atomic mass is 16.4. The Morgan fingerprint density at radius 3 is 2.06 bits per heavy atom. The molecule has 0 heterocycles. The average molecular weight is 250 g/mol. The van der Waals surface area contributed by atoms with E-state index < -0.39 is 5.97 Å². The molecule has 0 amide bonds. The van der Waals surface area contributed by atoms with Gasteiger partial charge in [0.2, 0.25) is 0 Å². The minimum Gasteiger partial charge on any atom is -0.481 e. The smallest absolute Gasteiger partial charge is 0.303 e. The van der Waals surface area contributed by atoms with Crippen LogP contribution in [0.25, 0.3) is 0 Å². The standard InChI is InChI=1S/C16H26O2/c1-2-3-4-5-6-7-8-9-10-11-12-13-14-15-16(17)18/h2,10-13H,1,3-9,14-15H2,(H,17,18)/b11-10+,13-12+. The van der Waals surface area contributed by atoms with Crippen molar-refractivity contribution in [3.05, 3.63) is 37.0 Å². The zero-order valence-electron chi connectivity index (χ0n) is 11.3. The van der Waals surface area contributed by atoms with Gasteiger partial charge in [0.15, 0.2) is 0 Å². The second kappa shape index (κ2) is 13.8. The lowest BCUT2D eigenvalue weighted by molar-refractivity contribution is -0.136. The molecule has 0 aliphatic rings. The van der Waals surface area contributed by atoms with E-state index in [2.05, 4.69) is 12.7 Å². The molecule has 0 unspecified atom stereocenters. The van der Waals surface area contributed by atoms with Crippen molar-refractivity contribution in [3.8, 4) is 0 Å². The Morgan fingerprint density at radius 2 is 1.44 bits per heavy atom. The number of hydrogen-bond donors (Lipinski definition) is 1. The SMILES string of the molecule is C=CCCCCCCC/C=C/C=C/CCC(=O)O. The van der Waals surface area contributed by atoms with Crippen molar-refractivity contribution in [1.82, 2.24) is 0 Å². The van der Waals surface area contributed by atoms with E-state index in [1.807, 2.05) is 24.3 Å². The van der Waals surface area contributed by atoms with Gasteiger partial charge in [-0.2, -0.15) is 0 Å². The maximum atomic E-state index is 10.2. The Hall–Kier alpha value is -1.31. The van der Waals surface area contributed by atoms with Crippen LogP contribution in [0.4, 0.5) is 0 Å². The first-order valence-electron chi connectivity index (χ1n) is 6.91. The Labute approximate surface area is 111 Å². The van der Waals surface area contributed by atoms with E-state index in [-0.39, 0.29) is 6.42 Å². The maximum absolute atomic E-state index is 10.2. The fourth-order valence-corrected chi connectivity index (χ4v) is 1.64. The first-order chi connectivity index (χ1) is 8.77. The highest BCUT2D eigenvalue weighted by Crippen LogP contribution is 2.07. The number of aliphatic carboxylic acids is 1. The quantitative estimate of drug-likeness (QED) is 0.304. The highest BCUT2D eigenvalue weighted by molar-refractivity contribution is 5.66. The molecule has 0 aromatic heterocycles. The lowest BCUT2D eigenvalue weighted by Crippen LogP contribution is -1.91. The summed E-state index contributed by atoms with van der Waals surface area (Å²) >= 11 is 0. The predicted molar refractivity (Wildman–Crippen MR) is 77.7 cm³/mol. The number of carboxylic acids is 1. The summed E-state index contributed by atoms with van der Waals surface area (Å²) in [6, 6.07) is 0. The molecule has 102 valence electrons. The molecule has 0 aliphatic carbocycles. The lowest BCUT2D eigenvalue weighted by Gasteiger charge is -1.97. The number of hydrogen-bond acceptors (Lipinski definition) is 1. The second-order valence-electron chi connectivity index (χ2n) is 4.42. The summed E-state index contributed by atoms with van der Waals surface area (Å²) in [7, 11) is 0. The van der Waals surface area contributed by atoms with E-state index in [1.54, 1.807) is 0 Å². The normalized spacial score (nSPS) is 11.3. The third-order valence-corrected chi connectivity index (χ3v) is 2.69. The molecule has 0 aliphatic heterocycles. The summed E-state index contributed by atoms with van der Waals surface area (Å²) in [5, 5.41) is 8.43. The van der Waals surface area contributed by atoms with Crippen LogP contribution in [0.1, 0.15) is 57.8 Å². The summed E-state index contributed by atoms with van der Waals surface area (Å²) in [6.07, 6.45) is 19.5. The first-order valence-corrected chi connectivity index (χ1v) is 6.91. The second-order valence-corrected chi connectivity index (χ2v) is 4.42. The van der Waals surface area contributed by atoms with E-state index in [9.17, 15) is 4.79 Å². The van der Waals surface area contributed by atoms with Gasteiger partial charge in [-0.3, -0.25) is 4.79 Å². The Bertz CT molecular complexity index is 264. The topological polar surface area (TPSA) is 37.3 Å². The molecule has 18 heavy (non-hydrogen) atoms. The minimum absolute atomic E-state index is 0.217. The van der Waals surface area contributed by atoms with Crippen molar-refractivity contribution in [2.45, 2.75) is 57.8 Å². The molecule has 2 nitrogen and oxygen atoms in total. The molecule has 1 N–H and O–H groups in total. The molecule has 0 aromatic carbocycles. The number of allylic oxidation sites excluding steroid dienone is 5. The Morgan fingerprint density at radius 1 is 0.889 bits per heavy atom. The Balaban J connectivity index is 3.22. The third-order valence-electron chi connectivity index (χ3n) is 2.69. The zero-order chi connectivity index (χ0) is 13.5. The van der Waals surface area contributed by atoms with E-state index in [0.717, 1.165) is 12.8 Å². The minimum atomic E-state index is -0.736. The molecule has 0 rings (SSSR count). The van der Waals surface area contributed by atoms with Crippen LogP contribution in [0, 0.1) is 0 Å². The molecule has 0 bridgehead atoms. The van der Waals surface area contributed by atoms with Gasteiger partial charge in [0.1, 0.15) is 0 Å². The van der Waals surface area contributed by atoms with Crippen LogP contribution in [-0.2, 0) is 4.79 Å². The molecule has 0 fully saturated rings. The summed E-state index contributed by atoms with van der Waals surface area (Å²) in [4.78, 5) is 10.2. The van der Waals surface area contributed by atoms with Gasteiger partial charge < -0.3 is 5.11 Å². The van der Waals surface area contributed by atoms with Gasteiger partial charge in [0, 0.05) is 6.42 Å². The zero-order valence-corrected chi connectivity index (χ0v) is 11.3. The summed E-state index contributed by atoms with van der Waals surface area (Å²) in [5.41, 5.74) is 0. The summed E-state index contributed by atoms with van der Waals surface area (Å²) in [5.74, 6) is -0.736.